The van der Waals surface area contributed by atoms with Crippen LogP contribution in [0.1, 0.15) is 24.0 Å². The molecule has 0 amide bonds. The molecule has 8 heteroatoms. The summed E-state index contributed by atoms with van der Waals surface area (Å²) in [5.41, 5.74) is -3.14. The minimum Gasteiger partial charge on any atom is -0.209 e. The molecule has 0 bridgehead atoms. The molecule has 2 aromatic carbocycles. The molecule has 146 valence electrons. The molecule has 0 N–H and O–H groups in total. The number of hydrogen-bond acceptors (Lipinski definition) is 3. The second kappa shape index (κ2) is 7.69. The summed E-state index contributed by atoms with van der Waals surface area (Å²) >= 11 is 0. The van der Waals surface area contributed by atoms with Crippen LogP contribution in [0.2, 0.25) is 0 Å². The zero-order chi connectivity index (χ0) is 19.5. The van der Waals surface area contributed by atoms with Crippen molar-refractivity contribution in [2.75, 3.05) is 11.5 Å². The average Bonchev–Trinajstić information content (AvgIpc) is 3.08. The van der Waals surface area contributed by atoms with Crippen LogP contribution in [0, 0.1) is 0 Å². The number of rotatable bonds is 5. The van der Waals surface area contributed by atoms with Gasteiger partial charge in [0, 0.05) is 11.5 Å². The van der Waals surface area contributed by atoms with Crippen LogP contribution in [-0.4, -0.2) is 25.4 Å². The van der Waals surface area contributed by atoms with Crippen LogP contribution in [0.5, 0.6) is 0 Å². The molecule has 0 atom stereocenters. The third kappa shape index (κ3) is 4.56. The Morgan fingerprint density at radius 3 is 1.74 bits per heavy atom. The molecule has 0 aromatic heterocycles. The highest BCUT2D eigenvalue weighted by atomic mass is 32.3. The fourth-order valence-corrected chi connectivity index (χ4v) is 7.93. The summed E-state index contributed by atoms with van der Waals surface area (Å²) in [6.45, 7) is 0. The van der Waals surface area contributed by atoms with Crippen molar-refractivity contribution in [1.29, 1.82) is 0 Å². The van der Waals surface area contributed by atoms with Crippen LogP contribution in [0.15, 0.2) is 66.1 Å². The van der Waals surface area contributed by atoms with E-state index >= 15 is 0 Å². The van der Waals surface area contributed by atoms with Crippen molar-refractivity contribution in [2.45, 2.75) is 18.3 Å². The summed E-state index contributed by atoms with van der Waals surface area (Å²) in [5, 5.41) is 1.63. The van der Waals surface area contributed by atoms with Crippen molar-refractivity contribution in [1.82, 2.24) is 0 Å². The fraction of sp³-hybridized carbons (Fsp3) is 0.263. The average molecular weight is 416 g/mol. The van der Waals surface area contributed by atoms with E-state index in [1.807, 2.05) is 60.7 Å². The van der Waals surface area contributed by atoms with Crippen molar-refractivity contribution < 1.29 is 25.2 Å². The summed E-state index contributed by atoms with van der Waals surface area (Å²) in [6.07, 6.45) is 1.27. The molecule has 0 unspecified atom stereocenters. The van der Waals surface area contributed by atoms with Crippen molar-refractivity contribution in [2.24, 2.45) is 0 Å². The predicted molar refractivity (Wildman–Crippen MR) is 103 cm³/mol. The van der Waals surface area contributed by atoms with Crippen molar-refractivity contribution in [3.63, 3.8) is 0 Å². The third-order valence-electron chi connectivity index (χ3n) is 4.24. The largest absolute Gasteiger partial charge is 0.523 e. The Morgan fingerprint density at radius 2 is 1.33 bits per heavy atom. The second-order valence-electron chi connectivity index (χ2n) is 6.22. The molecule has 3 rings (SSSR count). The first-order valence-corrected chi connectivity index (χ1v) is 11.7. The van der Waals surface area contributed by atoms with E-state index in [0.29, 0.717) is 29.9 Å². The topological polar surface area (TPSA) is 43.4 Å². The maximum Gasteiger partial charge on any atom is 0.523 e. The highest BCUT2D eigenvalue weighted by Crippen LogP contribution is 2.60. The maximum atomic E-state index is 12.9. The van der Waals surface area contributed by atoms with Crippen LogP contribution >= 0.6 is 10.3 Å². The van der Waals surface area contributed by atoms with E-state index in [1.54, 1.807) is 5.41 Å². The van der Waals surface area contributed by atoms with E-state index in [4.69, 9.17) is 3.63 Å². The Kier molecular flexibility index (Phi) is 5.69. The lowest BCUT2D eigenvalue weighted by Gasteiger charge is -2.32. The van der Waals surface area contributed by atoms with Gasteiger partial charge >= 0.3 is 15.6 Å². The smallest absolute Gasteiger partial charge is 0.209 e. The lowest BCUT2D eigenvalue weighted by molar-refractivity contribution is -0.0495. The number of halogens is 3. The van der Waals surface area contributed by atoms with Crippen LogP contribution in [0.3, 0.4) is 0 Å². The molecule has 2 aromatic rings. The Labute approximate surface area is 158 Å². The second-order valence-corrected chi connectivity index (χ2v) is 10.9. The van der Waals surface area contributed by atoms with Crippen LogP contribution in [0.4, 0.5) is 13.2 Å². The molecule has 3 nitrogen and oxygen atoms in total. The fourth-order valence-electron chi connectivity index (χ4n) is 2.97. The van der Waals surface area contributed by atoms with E-state index in [9.17, 15) is 21.6 Å². The zero-order valence-electron chi connectivity index (χ0n) is 14.4. The van der Waals surface area contributed by atoms with Gasteiger partial charge in [-0.2, -0.15) is 21.6 Å². The summed E-state index contributed by atoms with van der Waals surface area (Å²) in [7, 11) is -8.22. The van der Waals surface area contributed by atoms with Gasteiger partial charge in [0.2, 0.25) is 0 Å². The molecule has 1 saturated heterocycles. The van der Waals surface area contributed by atoms with Gasteiger partial charge in [0.1, 0.15) is 0 Å². The van der Waals surface area contributed by atoms with Gasteiger partial charge in [0.05, 0.1) is 0 Å². The highest BCUT2D eigenvalue weighted by Gasteiger charge is 2.51. The Balaban J connectivity index is 2.11. The van der Waals surface area contributed by atoms with E-state index in [0.717, 1.165) is 11.1 Å². The van der Waals surface area contributed by atoms with Gasteiger partial charge in [-0.3, -0.25) is 0 Å². The molecule has 1 aliphatic heterocycles. The lowest BCUT2D eigenvalue weighted by Crippen LogP contribution is -2.27. The van der Waals surface area contributed by atoms with E-state index in [1.165, 1.54) is 0 Å². The van der Waals surface area contributed by atoms with Crippen molar-refractivity contribution in [3.05, 3.63) is 77.2 Å². The van der Waals surface area contributed by atoms with Crippen LogP contribution in [-0.2, 0) is 13.7 Å². The molecule has 27 heavy (non-hydrogen) atoms. The van der Waals surface area contributed by atoms with Crippen molar-refractivity contribution in [3.8, 4) is 0 Å². The summed E-state index contributed by atoms with van der Waals surface area (Å²) in [4.78, 5) is 0. The predicted octanol–water partition coefficient (Wildman–Crippen LogP) is 5.46. The van der Waals surface area contributed by atoms with Gasteiger partial charge in [-0.1, -0.05) is 71.0 Å². The molecule has 1 aliphatic rings. The molecule has 1 fully saturated rings. The molecule has 0 spiro atoms. The van der Waals surface area contributed by atoms with Crippen molar-refractivity contribution >= 4 is 26.0 Å². The normalized spacial score (nSPS) is 18.0. The van der Waals surface area contributed by atoms with E-state index in [-0.39, 0.29) is 0 Å². The maximum absolute atomic E-state index is 12.9. The monoisotopic (exact) mass is 416 g/mol. The summed E-state index contributed by atoms with van der Waals surface area (Å²) in [6, 6.07) is 18.4. The van der Waals surface area contributed by atoms with Gasteiger partial charge in [0.15, 0.2) is 0 Å². The lowest BCUT2D eigenvalue weighted by atomic mass is 10.00. The van der Waals surface area contributed by atoms with Crippen LogP contribution < -0.4 is 0 Å². The van der Waals surface area contributed by atoms with Gasteiger partial charge in [-0.05, 0) is 34.9 Å². The Morgan fingerprint density at radius 1 is 0.889 bits per heavy atom. The minimum absolute atomic E-state index is 0.297. The third-order valence-corrected chi connectivity index (χ3v) is 9.23. The Hall–Kier alpha value is -1.77. The molecule has 0 saturated carbocycles. The number of alkyl halides is 3. The SMILES string of the molecule is O=S(=O)(OS1(C=C(c2ccccc2)c2ccccc2)CCCC1)C(F)(F)F. The van der Waals surface area contributed by atoms with Gasteiger partial charge < -0.3 is 0 Å². The summed E-state index contributed by atoms with van der Waals surface area (Å²) < 4.78 is 67.1. The first-order chi connectivity index (χ1) is 12.7. The van der Waals surface area contributed by atoms with Gasteiger partial charge in [-0.15, -0.1) is 0 Å². The highest BCUT2D eigenvalue weighted by molar-refractivity contribution is 8.35. The zero-order valence-corrected chi connectivity index (χ0v) is 16.0. The molecule has 1 heterocycles. The first kappa shape index (κ1) is 20.0. The standard InChI is InChI=1S/C19H19F3O3S2/c20-19(21,22)27(23,24)25-26(13-7-8-14-26)15-18(16-9-3-1-4-10-16)17-11-5-2-6-12-17/h1-6,9-12,15H,7-8,13-14H2. The molecule has 0 aliphatic carbocycles. The molecule has 0 radical (unpaired) electrons. The first-order valence-electron chi connectivity index (χ1n) is 8.36. The van der Waals surface area contributed by atoms with Gasteiger partial charge in [-0.25, -0.2) is 3.63 Å². The Bertz CT molecular complexity index is 861. The number of benzene rings is 2. The van der Waals surface area contributed by atoms with E-state index < -0.39 is 25.9 Å². The summed E-state index contributed by atoms with van der Waals surface area (Å²) in [5.74, 6) is 0.594. The molecular formula is C19H19F3O3S2. The minimum atomic E-state index is -5.66. The number of hydrogen-bond donors (Lipinski definition) is 0. The van der Waals surface area contributed by atoms with Gasteiger partial charge in [0.25, 0.3) is 0 Å². The molecular weight excluding hydrogens is 397 g/mol. The van der Waals surface area contributed by atoms with Crippen LogP contribution in [0.25, 0.3) is 5.57 Å². The van der Waals surface area contributed by atoms with E-state index in [2.05, 4.69) is 0 Å². The quantitative estimate of drug-likeness (QED) is 0.609.